The summed E-state index contributed by atoms with van der Waals surface area (Å²) in [6, 6.07) is 2.26. The van der Waals surface area contributed by atoms with Gasteiger partial charge in [0.2, 0.25) is 0 Å². The van der Waals surface area contributed by atoms with E-state index in [0.29, 0.717) is 18.4 Å². The Morgan fingerprint density at radius 2 is 1.93 bits per heavy atom. The zero-order chi connectivity index (χ0) is 11.0. The van der Waals surface area contributed by atoms with E-state index in [0.717, 1.165) is 12.0 Å². The molecule has 1 aromatic carbocycles. The van der Waals surface area contributed by atoms with E-state index in [9.17, 15) is 15.0 Å². The van der Waals surface area contributed by atoms with Crippen molar-refractivity contribution in [2.75, 3.05) is 0 Å². The third-order valence-electron chi connectivity index (χ3n) is 2.76. The van der Waals surface area contributed by atoms with E-state index in [1.807, 2.05) is 0 Å². The molecule has 0 aromatic heterocycles. The lowest BCUT2D eigenvalue weighted by Gasteiger charge is -2.08. The van der Waals surface area contributed by atoms with Gasteiger partial charge in [0.25, 0.3) is 0 Å². The van der Waals surface area contributed by atoms with Crippen molar-refractivity contribution in [3.05, 3.63) is 23.3 Å². The molecule has 80 valence electrons. The summed E-state index contributed by atoms with van der Waals surface area (Å²) < 4.78 is 0. The van der Waals surface area contributed by atoms with Crippen molar-refractivity contribution in [2.24, 2.45) is 5.73 Å². The molecule has 4 heteroatoms. The average molecular weight is 207 g/mol. The first-order valence-electron chi connectivity index (χ1n) is 4.94. The van der Waals surface area contributed by atoms with Gasteiger partial charge in [-0.2, -0.15) is 0 Å². The minimum absolute atomic E-state index is 0.155. The fourth-order valence-electron chi connectivity index (χ4n) is 1.90. The third-order valence-corrected chi connectivity index (χ3v) is 2.76. The molecular formula is C11H13NO3. The molecule has 1 aliphatic rings. The number of phenols is 2. The maximum absolute atomic E-state index is 11.8. The number of fused-ring (bicyclic) bond motifs is 1. The van der Waals surface area contributed by atoms with Gasteiger partial charge in [0.15, 0.2) is 17.3 Å². The van der Waals surface area contributed by atoms with Crippen LogP contribution >= 0.6 is 0 Å². The summed E-state index contributed by atoms with van der Waals surface area (Å²) in [4.78, 5) is 11.8. The molecule has 0 unspecified atom stereocenters. The molecule has 0 aliphatic heterocycles. The highest BCUT2D eigenvalue weighted by Gasteiger charge is 2.23. The lowest BCUT2D eigenvalue weighted by Crippen LogP contribution is -2.29. The van der Waals surface area contributed by atoms with Crippen LogP contribution in [0, 0.1) is 0 Å². The van der Waals surface area contributed by atoms with Crippen LogP contribution in [0.2, 0.25) is 0 Å². The molecule has 1 aliphatic carbocycles. The number of aryl methyl sites for hydroxylation is 1. The molecule has 4 N–H and O–H groups in total. The van der Waals surface area contributed by atoms with Crippen LogP contribution in [0.25, 0.3) is 0 Å². The molecule has 0 radical (unpaired) electrons. The van der Waals surface area contributed by atoms with Crippen molar-refractivity contribution >= 4 is 5.78 Å². The van der Waals surface area contributed by atoms with E-state index in [1.54, 1.807) is 0 Å². The first kappa shape index (κ1) is 9.98. The van der Waals surface area contributed by atoms with Gasteiger partial charge in [-0.15, -0.1) is 0 Å². The fraction of sp³-hybridized carbons (Fsp3) is 0.364. The van der Waals surface area contributed by atoms with Crippen LogP contribution in [0.15, 0.2) is 12.1 Å². The maximum Gasteiger partial charge on any atom is 0.179 e. The second kappa shape index (κ2) is 3.55. The first-order chi connectivity index (χ1) is 7.09. The Morgan fingerprint density at radius 1 is 1.27 bits per heavy atom. The largest absolute Gasteiger partial charge is 0.504 e. The van der Waals surface area contributed by atoms with Crippen LogP contribution in [0.5, 0.6) is 11.5 Å². The van der Waals surface area contributed by atoms with Gasteiger partial charge in [0, 0.05) is 5.56 Å². The molecule has 0 saturated heterocycles. The SMILES string of the molecule is N[C@@H]1CCCc2cc(O)c(O)cc2C1=O. The zero-order valence-electron chi connectivity index (χ0n) is 8.23. The highest BCUT2D eigenvalue weighted by molar-refractivity contribution is 6.02. The van der Waals surface area contributed by atoms with Crippen LogP contribution in [0.4, 0.5) is 0 Å². The monoisotopic (exact) mass is 207 g/mol. The summed E-state index contributed by atoms with van der Waals surface area (Å²) in [5, 5.41) is 18.7. The number of benzene rings is 1. The van der Waals surface area contributed by atoms with Crippen molar-refractivity contribution in [3.63, 3.8) is 0 Å². The van der Waals surface area contributed by atoms with Gasteiger partial charge in [-0.25, -0.2) is 0 Å². The predicted octanol–water partition coefficient (Wildman–Crippen LogP) is 0.944. The van der Waals surface area contributed by atoms with Gasteiger partial charge in [-0.3, -0.25) is 4.79 Å². The Bertz CT molecular complexity index is 415. The van der Waals surface area contributed by atoms with Gasteiger partial charge in [0.05, 0.1) is 6.04 Å². The number of phenolic OH excluding ortho intramolecular Hbond substituents is 2. The topological polar surface area (TPSA) is 83.6 Å². The molecule has 4 nitrogen and oxygen atoms in total. The quantitative estimate of drug-likeness (QED) is 0.436. The van der Waals surface area contributed by atoms with Crippen molar-refractivity contribution in [1.29, 1.82) is 0 Å². The second-order valence-electron chi connectivity index (χ2n) is 3.86. The third kappa shape index (κ3) is 1.68. The van der Waals surface area contributed by atoms with Crippen LogP contribution in [0.1, 0.15) is 28.8 Å². The van der Waals surface area contributed by atoms with Crippen molar-refractivity contribution in [2.45, 2.75) is 25.3 Å². The Labute approximate surface area is 87.3 Å². The lowest BCUT2D eigenvalue weighted by molar-refractivity contribution is 0.0959. The first-order valence-corrected chi connectivity index (χ1v) is 4.94. The number of rotatable bonds is 0. The molecule has 0 saturated carbocycles. The second-order valence-corrected chi connectivity index (χ2v) is 3.86. The van der Waals surface area contributed by atoms with E-state index in [1.165, 1.54) is 12.1 Å². The summed E-state index contributed by atoms with van der Waals surface area (Å²) in [5.41, 5.74) is 6.89. The van der Waals surface area contributed by atoms with Gasteiger partial charge >= 0.3 is 0 Å². The van der Waals surface area contributed by atoms with Gasteiger partial charge in [0.1, 0.15) is 0 Å². The molecule has 15 heavy (non-hydrogen) atoms. The molecule has 0 heterocycles. The number of carbonyl (C=O) groups is 1. The standard InChI is InChI=1S/C11H13NO3/c12-8-3-1-2-6-4-9(13)10(14)5-7(6)11(8)15/h4-5,8,13-14H,1-3,12H2/t8-/m1/s1. The summed E-state index contributed by atoms with van der Waals surface area (Å²) >= 11 is 0. The van der Waals surface area contributed by atoms with E-state index in [4.69, 9.17) is 5.73 Å². The number of hydrogen-bond acceptors (Lipinski definition) is 4. The van der Waals surface area contributed by atoms with Crippen LogP contribution < -0.4 is 5.73 Å². The molecule has 0 bridgehead atoms. The number of aromatic hydroxyl groups is 2. The molecular weight excluding hydrogens is 194 g/mol. The van der Waals surface area contributed by atoms with E-state index in [2.05, 4.69) is 0 Å². The molecule has 0 amide bonds. The zero-order valence-corrected chi connectivity index (χ0v) is 8.23. The summed E-state index contributed by atoms with van der Waals surface area (Å²) in [5.74, 6) is -0.606. The summed E-state index contributed by atoms with van der Waals surface area (Å²) in [6.45, 7) is 0. The lowest BCUT2D eigenvalue weighted by atomic mass is 10.00. The number of Topliss-reactive ketones (excluding diaryl/α,β-unsaturated/α-hetero) is 1. The van der Waals surface area contributed by atoms with Crippen molar-refractivity contribution < 1.29 is 15.0 Å². The summed E-state index contributed by atoms with van der Waals surface area (Å²) in [7, 11) is 0. The molecule has 0 spiro atoms. The van der Waals surface area contributed by atoms with E-state index >= 15 is 0 Å². The van der Waals surface area contributed by atoms with Crippen LogP contribution in [-0.4, -0.2) is 22.0 Å². The Morgan fingerprint density at radius 3 is 2.67 bits per heavy atom. The smallest absolute Gasteiger partial charge is 0.179 e. The van der Waals surface area contributed by atoms with Crippen LogP contribution in [-0.2, 0) is 6.42 Å². The van der Waals surface area contributed by atoms with Crippen molar-refractivity contribution in [3.8, 4) is 11.5 Å². The minimum Gasteiger partial charge on any atom is -0.504 e. The summed E-state index contributed by atoms with van der Waals surface area (Å²) in [6.07, 6.45) is 2.18. The normalized spacial score (nSPS) is 20.9. The maximum atomic E-state index is 11.8. The van der Waals surface area contributed by atoms with Gasteiger partial charge in [-0.05, 0) is 37.0 Å². The number of carbonyl (C=O) groups excluding carboxylic acids is 1. The highest BCUT2D eigenvalue weighted by atomic mass is 16.3. The molecule has 2 rings (SSSR count). The number of nitrogens with two attached hydrogens (primary N) is 1. The van der Waals surface area contributed by atoms with Gasteiger partial charge < -0.3 is 15.9 Å². The number of ketones is 1. The van der Waals surface area contributed by atoms with Crippen molar-refractivity contribution in [1.82, 2.24) is 0 Å². The van der Waals surface area contributed by atoms with Crippen LogP contribution in [0.3, 0.4) is 0 Å². The average Bonchev–Trinajstić information content (AvgIpc) is 2.32. The Kier molecular flexibility index (Phi) is 2.36. The minimum atomic E-state index is -0.491. The Hall–Kier alpha value is -1.55. The molecule has 1 aromatic rings. The van der Waals surface area contributed by atoms with E-state index in [-0.39, 0.29) is 17.3 Å². The Balaban J connectivity index is 2.54. The van der Waals surface area contributed by atoms with Gasteiger partial charge in [-0.1, -0.05) is 0 Å². The highest BCUT2D eigenvalue weighted by Crippen LogP contribution is 2.31. The predicted molar refractivity (Wildman–Crippen MR) is 55.0 cm³/mol. The van der Waals surface area contributed by atoms with E-state index < -0.39 is 6.04 Å². The molecule has 1 atom stereocenters. The molecule has 0 fully saturated rings. The fourth-order valence-corrected chi connectivity index (χ4v) is 1.90. The number of hydrogen-bond donors (Lipinski definition) is 3.